The Hall–Kier alpha value is -0.380. The van der Waals surface area contributed by atoms with Crippen LogP contribution in [0.2, 0.25) is 0 Å². The molecule has 0 heterocycles. The van der Waals surface area contributed by atoms with Gasteiger partial charge in [0.15, 0.2) is 0 Å². The quantitative estimate of drug-likeness (QED) is 0.0625. The fourth-order valence-electron chi connectivity index (χ4n) is 5.20. The average molecular weight is 524 g/mol. The molecule has 2 unspecified atom stereocenters. The number of nitrogens with one attached hydrogen (secondary N) is 1. The molecule has 2 atom stereocenters. The minimum Gasteiger partial charge on any atom is -0.395 e. The molecule has 0 bridgehead atoms. The first kappa shape index (κ1) is 36.6. The van der Waals surface area contributed by atoms with E-state index in [0.29, 0.717) is 0 Å². The van der Waals surface area contributed by atoms with Crippen LogP contribution in [0.4, 0.5) is 0 Å². The third-order valence-corrected chi connectivity index (χ3v) is 7.85. The monoisotopic (exact) mass is 524 g/mol. The van der Waals surface area contributed by atoms with Gasteiger partial charge in [-0.25, -0.2) is 0 Å². The molecule has 0 saturated carbocycles. The van der Waals surface area contributed by atoms with Crippen molar-refractivity contribution in [3.63, 3.8) is 0 Å². The average Bonchev–Trinajstić information content (AvgIpc) is 2.91. The van der Waals surface area contributed by atoms with E-state index in [9.17, 15) is 10.2 Å². The SMILES string of the molecule is CCCCCCCCCCCCC/C=C/C(O)C(CO)NCCCCCCCCCCCCCCCC. The molecule has 0 radical (unpaired) electrons. The number of aliphatic hydroxyl groups excluding tert-OH is 2. The molecule has 0 saturated heterocycles. The van der Waals surface area contributed by atoms with Crippen molar-refractivity contribution in [1.82, 2.24) is 5.32 Å². The normalized spacial score (nSPS) is 13.5. The number of hydrogen-bond donors (Lipinski definition) is 3. The highest BCUT2D eigenvalue weighted by atomic mass is 16.3. The second-order valence-corrected chi connectivity index (χ2v) is 11.6. The minimum absolute atomic E-state index is 0.0114. The van der Waals surface area contributed by atoms with Crippen molar-refractivity contribution in [3.8, 4) is 0 Å². The van der Waals surface area contributed by atoms with Gasteiger partial charge in [0.25, 0.3) is 0 Å². The highest BCUT2D eigenvalue weighted by Gasteiger charge is 2.14. The molecular weight excluding hydrogens is 454 g/mol. The van der Waals surface area contributed by atoms with E-state index in [-0.39, 0.29) is 12.6 Å². The molecule has 0 aliphatic carbocycles. The zero-order valence-electron chi connectivity index (χ0n) is 25.5. The largest absolute Gasteiger partial charge is 0.395 e. The van der Waals surface area contributed by atoms with Crippen LogP contribution in [0.1, 0.15) is 181 Å². The predicted molar refractivity (Wildman–Crippen MR) is 165 cm³/mol. The number of rotatable bonds is 31. The number of allylic oxidation sites excluding steroid dienone is 1. The fourth-order valence-corrected chi connectivity index (χ4v) is 5.20. The lowest BCUT2D eigenvalue weighted by Crippen LogP contribution is -2.42. The van der Waals surface area contributed by atoms with Gasteiger partial charge in [0.1, 0.15) is 0 Å². The Morgan fingerprint density at radius 3 is 1.24 bits per heavy atom. The van der Waals surface area contributed by atoms with E-state index in [1.807, 2.05) is 6.08 Å². The molecular formula is C34H69NO2. The van der Waals surface area contributed by atoms with Gasteiger partial charge in [0.05, 0.1) is 18.8 Å². The predicted octanol–water partition coefficient (Wildman–Crippen LogP) is 10.0. The molecule has 0 fully saturated rings. The molecule has 0 spiro atoms. The van der Waals surface area contributed by atoms with Gasteiger partial charge in [-0.05, 0) is 25.8 Å². The molecule has 0 aromatic rings. The van der Waals surface area contributed by atoms with Gasteiger partial charge in [0.2, 0.25) is 0 Å². The number of aliphatic hydroxyl groups is 2. The van der Waals surface area contributed by atoms with Crippen LogP contribution in [0.5, 0.6) is 0 Å². The summed E-state index contributed by atoms with van der Waals surface area (Å²) in [5.74, 6) is 0. The lowest BCUT2D eigenvalue weighted by molar-refractivity contribution is 0.123. The molecule has 3 heteroatoms. The van der Waals surface area contributed by atoms with Crippen molar-refractivity contribution >= 4 is 0 Å². The van der Waals surface area contributed by atoms with Crippen LogP contribution >= 0.6 is 0 Å². The van der Waals surface area contributed by atoms with Crippen molar-refractivity contribution in [2.45, 2.75) is 193 Å². The molecule has 0 amide bonds. The summed E-state index contributed by atoms with van der Waals surface area (Å²) in [6.45, 7) is 5.43. The second kappa shape index (κ2) is 31.8. The van der Waals surface area contributed by atoms with Crippen LogP contribution in [0.15, 0.2) is 12.2 Å². The molecule has 3 nitrogen and oxygen atoms in total. The molecule has 222 valence electrons. The van der Waals surface area contributed by atoms with E-state index in [1.54, 1.807) is 0 Å². The lowest BCUT2D eigenvalue weighted by Gasteiger charge is -2.19. The first-order chi connectivity index (χ1) is 18.3. The zero-order valence-corrected chi connectivity index (χ0v) is 25.5. The maximum absolute atomic E-state index is 10.4. The highest BCUT2D eigenvalue weighted by Crippen LogP contribution is 2.14. The van der Waals surface area contributed by atoms with Gasteiger partial charge >= 0.3 is 0 Å². The third-order valence-electron chi connectivity index (χ3n) is 7.85. The van der Waals surface area contributed by atoms with E-state index < -0.39 is 6.10 Å². The third kappa shape index (κ3) is 28.4. The standard InChI is InChI=1S/C34H69NO2/c1-3-5-7-9-11-13-15-17-19-21-23-25-27-29-31-35-33(32-36)34(37)30-28-26-24-22-20-18-16-14-12-10-8-6-4-2/h28,30,33-37H,3-27,29,31-32H2,1-2H3/b30-28+. The Morgan fingerprint density at radius 2 is 0.865 bits per heavy atom. The van der Waals surface area contributed by atoms with Gasteiger partial charge in [-0.15, -0.1) is 0 Å². The van der Waals surface area contributed by atoms with Crippen LogP contribution in [0, 0.1) is 0 Å². The van der Waals surface area contributed by atoms with E-state index >= 15 is 0 Å². The topological polar surface area (TPSA) is 52.5 Å². The van der Waals surface area contributed by atoms with Crippen molar-refractivity contribution in [2.75, 3.05) is 13.2 Å². The molecule has 0 aliphatic heterocycles. The number of hydrogen-bond acceptors (Lipinski definition) is 3. The zero-order chi connectivity index (χ0) is 27.1. The first-order valence-corrected chi connectivity index (χ1v) is 16.9. The summed E-state index contributed by atoms with van der Waals surface area (Å²) in [6, 6.07) is -0.240. The van der Waals surface area contributed by atoms with Crippen LogP contribution in [-0.2, 0) is 0 Å². The Kier molecular flexibility index (Phi) is 31.5. The lowest BCUT2D eigenvalue weighted by atomic mass is 10.0. The van der Waals surface area contributed by atoms with Crippen LogP contribution in [0.25, 0.3) is 0 Å². The first-order valence-electron chi connectivity index (χ1n) is 16.9. The van der Waals surface area contributed by atoms with Crippen LogP contribution in [0.3, 0.4) is 0 Å². The fraction of sp³-hybridized carbons (Fsp3) is 0.941. The van der Waals surface area contributed by atoms with Crippen molar-refractivity contribution in [3.05, 3.63) is 12.2 Å². The Morgan fingerprint density at radius 1 is 0.514 bits per heavy atom. The smallest absolute Gasteiger partial charge is 0.0896 e. The molecule has 0 aromatic heterocycles. The van der Waals surface area contributed by atoms with Gasteiger partial charge in [-0.2, -0.15) is 0 Å². The minimum atomic E-state index is -0.593. The summed E-state index contributed by atoms with van der Waals surface area (Å²) in [7, 11) is 0. The van der Waals surface area contributed by atoms with E-state index in [4.69, 9.17) is 0 Å². The van der Waals surface area contributed by atoms with E-state index in [1.165, 1.54) is 154 Å². The Bertz CT molecular complexity index is 440. The van der Waals surface area contributed by atoms with E-state index in [0.717, 1.165) is 19.4 Å². The van der Waals surface area contributed by atoms with Crippen molar-refractivity contribution in [1.29, 1.82) is 0 Å². The molecule has 37 heavy (non-hydrogen) atoms. The summed E-state index contributed by atoms with van der Waals surface area (Å²) in [4.78, 5) is 0. The molecule has 3 N–H and O–H groups in total. The number of unbranched alkanes of at least 4 members (excludes halogenated alkanes) is 24. The molecule has 0 aromatic carbocycles. The summed E-state index contributed by atoms with van der Waals surface area (Å²) >= 11 is 0. The Balaban J connectivity index is 3.48. The highest BCUT2D eigenvalue weighted by molar-refractivity contribution is 4.94. The van der Waals surface area contributed by atoms with Crippen molar-refractivity contribution < 1.29 is 10.2 Å². The van der Waals surface area contributed by atoms with Gasteiger partial charge in [0, 0.05) is 0 Å². The summed E-state index contributed by atoms with van der Waals surface area (Å²) in [6.07, 6.45) is 38.6. The molecule has 0 rings (SSSR count). The maximum Gasteiger partial charge on any atom is 0.0896 e. The van der Waals surface area contributed by atoms with Gasteiger partial charge in [-0.3, -0.25) is 0 Å². The molecule has 0 aliphatic rings. The summed E-state index contributed by atoms with van der Waals surface area (Å²) in [5, 5.41) is 23.4. The summed E-state index contributed by atoms with van der Waals surface area (Å²) < 4.78 is 0. The summed E-state index contributed by atoms with van der Waals surface area (Å²) in [5.41, 5.74) is 0. The van der Waals surface area contributed by atoms with Crippen LogP contribution < -0.4 is 5.32 Å². The van der Waals surface area contributed by atoms with Crippen molar-refractivity contribution in [2.24, 2.45) is 0 Å². The Labute approximate surface area is 233 Å². The van der Waals surface area contributed by atoms with E-state index in [2.05, 4.69) is 25.2 Å². The van der Waals surface area contributed by atoms with Gasteiger partial charge in [-0.1, -0.05) is 174 Å². The van der Waals surface area contributed by atoms with Gasteiger partial charge < -0.3 is 15.5 Å². The second-order valence-electron chi connectivity index (χ2n) is 11.6. The maximum atomic E-state index is 10.4. The van der Waals surface area contributed by atoms with Crippen LogP contribution in [-0.4, -0.2) is 35.5 Å².